The number of carbonyl (C=O) groups excluding carboxylic acids is 3. The summed E-state index contributed by atoms with van der Waals surface area (Å²) in [7, 11) is 2.13. The van der Waals surface area contributed by atoms with E-state index in [2.05, 4.69) is 0 Å². The van der Waals surface area contributed by atoms with Gasteiger partial charge in [0.1, 0.15) is 17.6 Å². The first-order valence-corrected chi connectivity index (χ1v) is 13.2. The van der Waals surface area contributed by atoms with E-state index in [4.69, 9.17) is 15.2 Å². The molecule has 2 N–H and O–H groups in total. The zero-order valence-corrected chi connectivity index (χ0v) is 23.0. The van der Waals surface area contributed by atoms with Crippen molar-refractivity contribution in [3.05, 3.63) is 124 Å². The lowest BCUT2D eigenvalue weighted by atomic mass is 9.66. The lowest BCUT2D eigenvalue weighted by Gasteiger charge is -2.44. The molecule has 0 unspecified atom stereocenters. The molecule has 0 bridgehead atoms. The lowest BCUT2D eigenvalue weighted by Crippen LogP contribution is -2.46. The first kappa shape index (κ1) is 29.6. The number of nitrogens with two attached hydrogens (primary N) is 1. The molecule has 1 heterocycles. The van der Waals surface area contributed by atoms with E-state index in [9.17, 15) is 31.9 Å². The number of alkyl halides is 3. The zero-order chi connectivity index (χ0) is 31.1. The number of esters is 2. The average Bonchev–Trinajstić information content (AvgIpc) is 2.99. The van der Waals surface area contributed by atoms with Gasteiger partial charge in [-0.05, 0) is 41.8 Å². The number of allylic oxidation sites excluding steroid dienone is 2. The minimum Gasteiger partial charge on any atom is -0.468 e. The van der Waals surface area contributed by atoms with Crippen molar-refractivity contribution >= 4 is 23.4 Å². The Morgan fingerprint density at radius 2 is 1.60 bits per heavy atom. The van der Waals surface area contributed by atoms with E-state index in [1.165, 1.54) is 35.2 Å². The van der Waals surface area contributed by atoms with Gasteiger partial charge in [-0.1, -0.05) is 54.6 Å². The van der Waals surface area contributed by atoms with Crippen LogP contribution >= 0.6 is 0 Å². The molecule has 0 radical (unpaired) electrons. The van der Waals surface area contributed by atoms with E-state index in [0.717, 1.165) is 32.4 Å². The Balaban J connectivity index is 1.88. The molecule has 2 aliphatic rings. The van der Waals surface area contributed by atoms with Crippen molar-refractivity contribution < 1.29 is 41.4 Å². The summed E-state index contributed by atoms with van der Waals surface area (Å²) in [5.74, 6) is -7.78. The van der Waals surface area contributed by atoms with Gasteiger partial charge in [0.15, 0.2) is 5.78 Å². The number of halogens is 4. The maximum Gasteiger partial charge on any atom is 0.416 e. The third-order valence-electron chi connectivity index (χ3n) is 7.77. The van der Waals surface area contributed by atoms with Crippen molar-refractivity contribution in [2.24, 2.45) is 11.7 Å². The van der Waals surface area contributed by atoms with Crippen LogP contribution in [-0.4, -0.2) is 31.9 Å². The van der Waals surface area contributed by atoms with Gasteiger partial charge in [-0.15, -0.1) is 0 Å². The average molecular weight is 595 g/mol. The standard InChI is InChI=1S/C32H26F4N2O5/c1-42-30(40)25-21(17-9-4-3-5-10-17)16-23-26(28(25)39)24(20-13-6-7-14-22(20)32(34,35)36)27(31(41)43-2)29(37)38(23)19-12-8-11-18(33)15-19/h3-15,21,24-25H,16,37H2,1-2H3/t21-,24+,25+/m0/s1. The van der Waals surface area contributed by atoms with Crippen molar-refractivity contribution in [2.75, 3.05) is 19.1 Å². The van der Waals surface area contributed by atoms with Gasteiger partial charge in [-0.25, -0.2) is 9.18 Å². The van der Waals surface area contributed by atoms with Gasteiger partial charge in [0.05, 0.1) is 37.0 Å². The fourth-order valence-electron chi connectivity index (χ4n) is 5.98. The zero-order valence-electron chi connectivity index (χ0n) is 23.0. The number of carbonyl (C=O) groups is 3. The van der Waals surface area contributed by atoms with Crippen molar-refractivity contribution in [3.8, 4) is 0 Å². The number of hydrogen-bond acceptors (Lipinski definition) is 7. The van der Waals surface area contributed by atoms with Crippen LogP contribution in [0.3, 0.4) is 0 Å². The predicted molar refractivity (Wildman–Crippen MR) is 148 cm³/mol. The number of methoxy groups -OCH3 is 2. The second-order valence-electron chi connectivity index (χ2n) is 10.1. The van der Waals surface area contributed by atoms with Crippen LogP contribution in [0.15, 0.2) is 102 Å². The normalized spacial score (nSPS) is 20.6. The van der Waals surface area contributed by atoms with Gasteiger partial charge in [0, 0.05) is 17.2 Å². The molecule has 7 nitrogen and oxygen atoms in total. The maximum absolute atomic E-state index is 14.5. The molecule has 3 atom stereocenters. The number of ether oxygens (including phenoxy) is 2. The van der Waals surface area contributed by atoms with E-state index < -0.39 is 64.2 Å². The molecule has 5 rings (SSSR count). The molecule has 43 heavy (non-hydrogen) atoms. The Kier molecular flexibility index (Phi) is 7.83. The van der Waals surface area contributed by atoms with Crippen LogP contribution in [0, 0.1) is 11.7 Å². The monoisotopic (exact) mass is 594 g/mol. The molecule has 0 fully saturated rings. The molecule has 3 aromatic rings. The highest BCUT2D eigenvalue weighted by molar-refractivity contribution is 6.14. The molecular formula is C32H26F4N2O5. The third kappa shape index (κ3) is 5.15. The quantitative estimate of drug-likeness (QED) is 0.234. The second-order valence-corrected chi connectivity index (χ2v) is 10.1. The number of anilines is 1. The number of nitrogens with zero attached hydrogens (tertiary/aromatic N) is 1. The minimum atomic E-state index is -4.88. The highest BCUT2D eigenvalue weighted by Gasteiger charge is 2.52. The van der Waals surface area contributed by atoms with E-state index in [-0.39, 0.29) is 29.2 Å². The molecule has 222 valence electrons. The van der Waals surface area contributed by atoms with Crippen molar-refractivity contribution in [2.45, 2.75) is 24.4 Å². The van der Waals surface area contributed by atoms with E-state index in [1.807, 2.05) is 0 Å². The van der Waals surface area contributed by atoms with Crippen molar-refractivity contribution in [1.29, 1.82) is 0 Å². The molecule has 0 aromatic heterocycles. The van der Waals surface area contributed by atoms with Gasteiger partial charge in [-0.3, -0.25) is 14.5 Å². The van der Waals surface area contributed by atoms with Crippen LogP contribution in [-0.2, 0) is 30.0 Å². The largest absolute Gasteiger partial charge is 0.468 e. The summed E-state index contributed by atoms with van der Waals surface area (Å²) in [6.07, 6.45) is -4.96. The molecule has 0 amide bonds. The summed E-state index contributed by atoms with van der Waals surface area (Å²) in [6, 6.07) is 18.3. The Hall–Kier alpha value is -4.93. The highest BCUT2D eigenvalue weighted by atomic mass is 19.4. The van der Waals surface area contributed by atoms with Gasteiger partial charge < -0.3 is 15.2 Å². The molecule has 3 aromatic carbocycles. The Morgan fingerprint density at radius 1 is 0.930 bits per heavy atom. The Bertz CT molecular complexity index is 1670. The summed E-state index contributed by atoms with van der Waals surface area (Å²) in [6.45, 7) is 0. The van der Waals surface area contributed by atoms with Gasteiger partial charge >= 0.3 is 18.1 Å². The third-order valence-corrected chi connectivity index (χ3v) is 7.77. The fourth-order valence-corrected chi connectivity index (χ4v) is 5.98. The van der Waals surface area contributed by atoms with Crippen LogP contribution in [0.2, 0.25) is 0 Å². The second kappa shape index (κ2) is 11.4. The van der Waals surface area contributed by atoms with Crippen LogP contribution in [0.5, 0.6) is 0 Å². The van der Waals surface area contributed by atoms with Crippen LogP contribution in [0.1, 0.15) is 34.9 Å². The van der Waals surface area contributed by atoms with E-state index in [1.54, 1.807) is 30.3 Å². The van der Waals surface area contributed by atoms with E-state index in [0.29, 0.717) is 5.56 Å². The molecule has 11 heteroatoms. The number of ketones is 1. The fraction of sp³-hybridized carbons (Fsp3) is 0.219. The van der Waals surface area contributed by atoms with Crippen LogP contribution in [0.25, 0.3) is 0 Å². The Labute approximate surface area is 244 Å². The summed E-state index contributed by atoms with van der Waals surface area (Å²) >= 11 is 0. The molecule has 0 spiro atoms. The summed E-state index contributed by atoms with van der Waals surface area (Å²) in [4.78, 5) is 42.4. The van der Waals surface area contributed by atoms with Gasteiger partial charge in [0.2, 0.25) is 0 Å². The number of benzene rings is 3. The lowest BCUT2D eigenvalue weighted by molar-refractivity contribution is -0.150. The summed E-state index contributed by atoms with van der Waals surface area (Å²) < 4.78 is 67.6. The van der Waals surface area contributed by atoms with Crippen LogP contribution in [0.4, 0.5) is 23.2 Å². The highest BCUT2D eigenvalue weighted by Crippen LogP contribution is 2.53. The topological polar surface area (TPSA) is 98.9 Å². The minimum absolute atomic E-state index is 0.0821. The van der Waals surface area contributed by atoms with Crippen molar-refractivity contribution in [3.63, 3.8) is 0 Å². The summed E-state index contributed by atoms with van der Waals surface area (Å²) in [5.41, 5.74) is 5.16. The molecular weight excluding hydrogens is 568 g/mol. The van der Waals surface area contributed by atoms with E-state index >= 15 is 0 Å². The number of rotatable bonds is 5. The molecule has 1 aliphatic carbocycles. The molecule has 1 aliphatic heterocycles. The first-order valence-electron chi connectivity index (χ1n) is 13.2. The first-order chi connectivity index (χ1) is 20.5. The molecule has 0 saturated heterocycles. The van der Waals surface area contributed by atoms with Gasteiger partial charge in [-0.2, -0.15) is 13.2 Å². The number of hydrogen-bond donors (Lipinski definition) is 1. The SMILES string of the molecule is COC(=O)C1=C(N)N(c2cccc(F)c2)C2=C(C(=O)[C@H](C(=O)OC)[C@H](c3ccccc3)C2)[C@H]1c1ccccc1C(F)(F)F. The van der Waals surface area contributed by atoms with Crippen molar-refractivity contribution in [1.82, 2.24) is 0 Å². The Morgan fingerprint density at radius 3 is 2.23 bits per heavy atom. The summed E-state index contributed by atoms with van der Waals surface area (Å²) in [5, 5.41) is 0. The predicted octanol–water partition coefficient (Wildman–Crippen LogP) is 5.59. The maximum atomic E-state index is 14.5. The van der Waals surface area contributed by atoms with Crippen LogP contribution < -0.4 is 10.6 Å². The molecule has 0 saturated carbocycles. The number of Topliss-reactive ketones (excluding diaryl/α,β-unsaturated/α-hetero) is 1. The van der Waals surface area contributed by atoms with Gasteiger partial charge in [0.25, 0.3) is 0 Å². The smallest absolute Gasteiger partial charge is 0.416 e.